The van der Waals surface area contributed by atoms with E-state index in [1.807, 2.05) is 6.79 Å². The normalized spacial score (nSPS) is 0.800. The van der Waals surface area contributed by atoms with Crippen molar-refractivity contribution in [3.63, 3.8) is 0 Å². The summed E-state index contributed by atoms with van der Waals surface area (Å²) < 4.78 is 0. The first-order valence-electron chi connectivity index (χ1n) is 0.289. The summed E-state index contributed by atoms with van der Waals surface area (Å²) in [5, 5.41) is 0. The van der Waals surface area contributed by atoms with Crippen molar-refractivity contribution in [1.29, 1.82) is 0 Å². The van der Waals surface area contributed by atoms with Gasteiger partial charge in [-0.3, -0.25) is 0 Å². The van der Waals surface area contributed by atoms with E-state index in [0.29, 0.717) is 0 Å². The zero-order valence-electron chi connectivity index (χ0n) is 2.97. The summed E-state index contributed by atoms with van der Waals surface area (Å²) in [6, 6.07) is 0. The molecule has 0 aliphatic rings. The molecule has 0 spiro atoms. The molecule has 0 aromatic heterocycles. The fourth-order valence-electron chi connectivity index (χ4n) is 0. The molecule has 0 saturated heterocycles. The van der Waals surface area contributed by atoms with E-state index in [9.17, 15) is 0 Å². The number of carbonyl (C=O) groups is 1. The van der Waals surface area contributed by atoms with E-state index in [1.54, 1.807) is 0 Å². The van der Waals surface area contributed by atoms with Crippen LogP contribution in [0.4, 0.5) is 0 Å². The maximum atomic E-state index is 8.00. The van der Waals surface area contributed by atoms with Gasteiger partial charge in [0.15, 0.2) is 0 Å². The molecule has 0 bridgehead atoms. The fourth-order valence-corrected chi connectivity index (χ4v) is 0. The molecule has 0 aliphatic heterocycles. The van der Waals surface area contributed by atoms with Gasteiger partial charge < -0.3 is 10.3 Å². The Bertz CT molecular complexity index is 9.61. The minimum atomic E-state index is 0. The Morgan fingerprint density at radius 1 is 1.20 bits per heavy atom. The largest absolute Gasteiger partial charge is 1.00 e. The molecular formula is CH4ClNaO2. The first-order chi connectivity index (χ1) is 1.00. The van der Waals surface area contributed by atoms with Crippen molar-refractivity contribution in [3.05, 3.63) is 0 Å². The van der Waals surface area contributed by atoms with Crippen LogP contribution < -0.4 is 29.6 Å². The summed E-state index contributed by atoms with van der Waals surface area (Å²) in [7, 11) is 0. The predicted octanol–water partition coefficient (Wildman–Crippen LogP) is -2.94. The number of rotatable bonds is 0. The van der Waals surface area contributed by atoms with Crippen molar-refractivity contribution in [2.75, 3.05) is 0 Å². The van der Waals surface area contributed by atoms with Gasteiger partial charge in [0, 0.05) is 0 Å². The minimum Gasteiger partial charge on any atom is -0.870 e. The van der Waals surface area contributed by atoms with Crippen LogP contribution in [-0.2, 0) is 4.79 Å². The summed E-state index contributed by atoms with van der Waals surface area (Å²) in [6.07, 6.45) is 0. The van der Waals surface area contributed by atoms with Crippen LogP contribution in [0.3, 0.4) is 0 Å². The smallest absolute Gasteiger partial charge is 0.870 e. The zero-order valence-corrected chi connectivity index (χ0v) is 5.79. The molecule has 4 heteroatoms. The predicted molar refractivity (Wildman–Crippen MR) is 16.3 cm³/mol. The maximum absolute atomic E-state index is 8.00. The first kappa shape index (κ1) is 38.9. The Balaban J connectivity index is -0.00000000167. The van der Waals surface area contributed by atoms with Crippen LogP contribution >= 0.6 is 12.4 Å². The Kier molecular flexibility index (Phi) is 694. The summed E-state index contributed by atoms with van der Waals surface area (Å²) in [4.78, 5) is 8.00. The number of carbonyl (C=O) groups excluding carboxylic acids is 1. The van der Waals surface area contributed by atoms with E-state index < -0.39 is 0 Å². The van der Waals surface area contributed by atoms with Crippen LogP contribution in [0.1, 0.15) is 0 Å². The van der Waals surface area contributed by atoms with Gasteiger partial charge in [0.2, 0.25) is 0 Å². The van der Waals surface area contributed by atoms with E-state index in [4.69, 9.17) is 4.79 Å². The second-order valence-electron chi connectivity index (χ2n) is 0. The molecule has 0 saturated carbocycles. The number of hydrogen-bond donors (Lipinski definition) is 0. The monoisotopic (exact) mass is 106 g/mol. The Morgan fingerprint density at radius 2 is 1.20 bits per heavy atom. The van der Waals surface area contributed by atoms with Crippen LogP contribution in [0, 0.1) is 0 Å². The van der Waals surface area contributed by atoms with Crippen molar-refractivity contribution >= 4 is 19.2 Å². The standard InChI is InChI=1S/CH2O.ClH.Na.H2O/c1-2;;;/h1H2;1H;;1H2/q;;+1;/p-1. The third kappa shape index (κ3) is 49.6. The van der Waals surface area contributed by atoms with E-state index in [0.717, 1.165) is 0 Å². The van der Waals surface area contributed by atoms with Crippen molar-refractivity contribution in [2.45, 2.75) is 0 Å². The molecule has 0 atom stereocenters. The molecule has 0 aliphatic carbocycles. The van der Waals surface area contributed by atoms with Crippen LogP contribution in [0.5, 0.6) is 0 Å². The number of halogens is 1. The molecular weight excluding hydrogens is 102 g/mol. The third-order valence-electron chi connectivity index (χ3n) is 0. The van der Waals surface area contributed by atoms with E-state index >= 15 is 0 Å². The molecule has 28 valence electrons. The Labute approximate surface area is 58.9 Å². The molecule has 5 heavy (non-hydrogen) atoms. The fraction of sp³-hybridized carbons (Fsp3) is 0. The first-order valence-corrected chi connectivity index (χ1v) is 0.289. The minimum absolute atomic E-state index is 0. The van der Waals surface area contributed by atoms with Gasteiger partial charge in [0.05, 0.1) is 0 Å². The molecule has 2 nitrogen and oxygen atoms in total. The van der Waals surface area contributed by atoms with E-state index in [2.05, 4.69) is 0 Å². The van der Waals surface area contributed by atoms with Gasteiger partial charge in [-0.05, 0) is 0 Å². The topological polar surface area (TPSA) is 47.1 Å². The third-order valence-corrected chi connectivity index (χ3v) is 0. The van der Waals surface area contributed by atoms with Crippen LogP contribution in [0.15, 0.2) is 0 Å². The maximum Gasteiger partial charge on any atom is 1.00 e. The van der Waals surface area contributed by atoms with Gasteiger partial charge in [-0.1, -0.05) is 0 Å². The van der Waals surface area contributed by atoms with Gasteiger partial charge >= 0.3 is 29.6 Å². The second kappa shape index (κ2) is 89.3. The molecule has 0 amide bonds. The average molecular weight is 106 g/mol. The zero-order chi connectivity index (χ0) is 2.00. The van der Waals surface area contributed by atoms with Crippen LogP contribution in [0.25, 0.3) is 0 Å². The molecule has 0 fully saturated rings. The van der Waals surface area contributed by atoms with Crippen molar-refractivity contribution < 1.29 is 39.8 Å². The molecule has 0 unspecified atom stereocenters. The van der Waals surface area contributed by atoms with Gasteiger partial charge in [-0.2, -0.15) is 0 Å². The average Bonchev–Trinajstić information content (AvgIpc) is 1.00. The second-order valence-corrected chi connectivity index (χ2v) is 0. The van der Waals surface area contributed by atoms with Gasteiger partial charge in [-0.25, -0.2) is 0 Å². The number of hydrogen-bond acceptors (Lipinski definition) is 2. The van der Waals surface area contributed by atoms with Gasteiger partial charge in [0.1, 0.15) is 6.79 Å². The molecule has 0 aromatic rings. The van der Waals surface area contributed by atoms with E-state index in [-0.39, 0.29) is 47.4 Å². The summed E-state index contributed by atoms with van der Waals surface area (Å²) in [6.45, 7) is 2.00. The Hall–Kier alpha value is 0.920. The van der Waals surface area contributed by atoms with Gasteiger partial charge in [-0.15, -0.1) is 12.4 Å². The molecule has 1 N–H and O–H groups in total. The Morgan fingerprint density at radius 3 is 1.20 bits per heavy atom. The van der Waals surface area contributed by atoms with Crippen molar-refractivity contribution in [2.24, 2.45) is 0 Å². The van der Waals surface area contributed by atoms with Crippen LogP contribution in [0.2, 0.25) is 0 Å². The van der Waals surface area contributed by atoms with Gasteiger partial charge in [0.25, 0.3) is 0 Å². The molecule has 0 heterocycles. The molecule has 0 aromatic carbocycles. The summed E-state index contributed by atoms with van der Waals surface area (Å²) in [5.41, 5.74) is 0. The van der Waals surface area contributed by atoms with E-state index in [1.165, 1.54) is 0 Å². The van der Waals surface area contributed by atoms with Crippen molar-refractivity contribution in [1.82, 2.24) is 0 Å². The SMILES string of the molecule is C=O.Cl.[Na+].[OH-]. The van der Waals surface area contributed by atoms with Crippen molar-refractivity contribution in [3.8, 4) is 0 Å². The molecule has 0 rings (SSSR count). The molecule has 0 radical (unpaired) electrons. The van der Waals surface area contributed by atoms with Crippen LogP contribution in [-0.4, -0.2) is 12.3 Å². The quantitative estimate of drug-likeness (QED) is 0.310. The summed E-state index contributed by atoms with van der Waals surface area (Å²) >= 11 is 0. The summed E-state index contributed by atoms with van der Waals surface area (Å²) in [5.74, 6) is 0.